The maximum Gasteiger partial charge on any atom is 0.434 e. The van der Waals surface area contributed by atoms with Crippen molar-refractivity contribution in [2.75, 3.05) is 18.5 Å². The molecule has 10 nitrogen and oxygen atoms in total. The van der Waals surface area contributed by atoms with E-state index in [0.717, 1.165) is 50.4 Å². The van der Waals surface area contributed by atoms with Gasteiger partial charge in [-0.05, 0) is 67.0 Å². The Kier molecular flexibility index (Phi) is 6.46. The van der Waals surface area contributed by atoms with Gasteiger partial charge >= 0.3 is 5.76 Å². The van der Waals surface area contributed by atoms with E-state index in [1.807, 2.05) is 29.2 Å². The molecular formula is C35H27FN6O4S. The molecule has 3 aliphatic rings. The van der Waals surface area contributed by atoms with Crippen molar-refractivity contribution in [3.8, 4) is 27.6 Å². The number of aromatic amines is 1. The molecule has 6 aromatic rings. The number of benzene rings is 2. The number of hydrogen-bond donors (Lipinski definition) is 2. The Hall–Kier alpha value is -5.36. The van der Waals surface area contributed by atoms with Gasteiger partial charge in [0, 0.05) is 28.7 Å². The lowest BCUT2D eigenvalue weighted by molar-refractivity contribution is 0.0776. The summed E-state index contributed by atoms with van der Waals surface area (Å²) in [5.74, 6) is 0.558. The molecular weight excluding hydrogens is 619 g/mol. The highest BCUT2D eigenvalue weighted by Gasteiger charge is 2.45. The number of aryl methyl sites for hydroxylation is 2. The van der Waals surface area contributed by atoms with Crippen LogP contribution in [-0.4, -0.2) is 44.1 Å². The average Bonchev–Trinajstić information content (AvgIpc) is 3.92. The van der Waals surface area contributed by atoms with E-state index >= 15 is 0 Å². The number of H-pyrrole nitrogens is 1. The molecule has 2 N–H and O–H groups in total. The van der Waals surface area contributed by atoms with Crippen LogP contribution in [0.4, 0.5) is 10.2 Å². The van der Waals surface area contributed by atoms with Crippen LogP contribution >= 0.6 is 11.3 Å². The van der Waals surface area contributed by atoms with Gasteiger partial charge in [0.1, 0.15) is 24.0 Å². The van der Waals surface area contributed by atoms with Gasteiger partial charge in [-0.25, -0.2) is 19.3 Å². The number of para-hydroxylation sites is 1. The van der Waals surface area contributed by atoms with Gasteiger partial charge in [0.15, 0.2) is 0 Å². The lowest BCUT2D eigenvalue weighted by atomic mass is 9.93. The number of ether oxygens (including phenoxy) is 1. The van der Waals surface area contributed by atoms with Crippen molar-refractivity contribution >= 4 is 33.1 Å². The number of nitrogens with one attached hydrogen (secondary N) is 2. The molecule has 234 valence electrons. The first-order valence-electron chi connectivity index (χ1n) is 15.6. The third-order valence-electron chi connectivity index (χ3n) is 9.25. The smallest absolute Gasteiger partial charge is 0.434 e. The molecule has 12 heteroatoms. The number of pyridine rings is 2. The van der Waals surface area contributed by atoms with Crippen LogP contribution in [0.5, 0.6) is 5.75 Å². The van der Waals surface area contributed by atoms with Crippen LogP contribution in [0.1, 0.15) is 57.8 Å². The van der Waals surface area contributed by atoms with Gasteiger partial charge in [0.05, 0.1) is 39.3 Å². The van der Waals surface area contributed by atoms with Crippen LogP contribution in [-0.2, 0) is 12.8 Å². The Morgan fingerprint density at radius 3 is 2.77 bits per heavy atom. The van der Waals surface area contributed by atoms with Gasteiger partial charge in [-0.15, -0.1) is 16.4 Å². The summed E-state index contributed by atoms with van der Waals surface area (Å²) in [5, 5.41) is 11.2. The number of amides is 1. The number of aromatic nitrogens is 4. The summed E-state index contributed by atoms with van der Waals surface area (Å²) in [5.41, 5.74) is 5.09. The summed E-state index contributed by atoms with van der Waals surface area (Å²) < 4.78 is 26.1. The second-order valence-corrected chi connectivity index (χ2v) is 13.1. The summed E-state index contributed by atoms with van der Waals surface area (Å²) in [7, 11) is 0. The van der Waals surface area contributed by atoms with Crippen molar-refractivity contribution in [1.82, 2.24) is 25.1 Å². The maximum absolute atomic E-state index is 14.1. The Labute approximate surface area is 271 Å². The molecule has 1 fully saturated rings. The summed E-state index contributed by atoms with van der Waals surface area (Å²) >= 11 is 1.51. The van der Waals surface area contributed by atoms with Crippen molar-refractivity contribution in [1.29, 1.82) is 0 Å². The van der Waals surface area contributed by atoms with E-state index in [9.17, 15) is 14.0 Å². The molecule has 0 spiro atoms. The van der Waals surface area contributed by atoms with E-state index < -0.39 is 5.76 Å². The number of halogens is 1. The number of thiophene rings is 1. The van der Waals surface area contributed by atoms with Gasteiger partial charge in [-0.2, -0.15) is 0 Å². The fraction of sp³-hybridized carbons (Fsp3) is 0.229. The molecule has 0 radical (unpaired) electrons. The highest BCUT2D eigenvalue weighted by molar-refractivity contribution is 7.23. The first kappa shape index (κ1) is 27.9. The molecule has 7 heterocycles. The van der Waals surface area contributed by atoms with E-state index in [4.69, 9.17) is 19.1 Å². The Bertz CT molecular complexity index is 2260. The molecule has 0 saturated carbocycles. The fourth-order valence-electron chi connectivity index (χ4n) is 7.10. The lowest BCUT2D eigenvalue weighted by Gasteiger charge is -2.16. The molecule has 0 bridgehead atoms. The molecule has 0 aliphatic carbocycles. The lowest BCUT2D eigenvalue weighted by Crippen LogP contribution is -2.22. The number of anilines is 1. The average molecular weight is 647 g/mol. The third kappa shape index (κ3) is 4.62. The van der Waals surface area contributed by atoms with Crippen molar-refractivity contribution in [2.45, 2.75) is 37.8 Å². The fourth-order valence-corrected chi connectivity index (χ4v) is 8.26. The topological polar surface area (TPSA) is 126 Å². The standard InChI is InChI=1S/C35H27FN6O4S/c36-20-10-7-18(8-11-20)9-12-22-27(33-40-41-35(44)46-33)28(29-30(38-22)24-5-3-15-42(24)34(29)43)26-16-19-13-14-37-32(31(19)47-26)39-23-17-45-25-6-2-1-4-21(23)25/h1-2,4,6-8,10-11,13-14,16,23-24H,3,5,9,12,15,17H2,(H,37,39)(H,41,44)/t23-,24+/m0/s1. The monoisotopic (exact) mass is 646 g/mol. The molecule has 2 aromatic carbocycles. The van der Waals surface area contributed by atoms with Crippen LogP contribution in [0.25, 0.3) is 32.0 Å². The molecule has 3 aliphatic heterocycles. The van der Waals surface area contributed by atoms with Gasteiger partial charge < -0.3 is 19.4 Å². The first-order valence-corrected chi connectivity index (χ1v) is 16.4. The van der Waals surface area contributed by atoms with Crippen molar-refractivity contribution in [3.05, 3.63) is 111 Å². The summed E-state index contributed by atoms with van der Waals surface area (Å²) in [6.45, 7) is 1.14. The van der Waals surface area contributed by atoms with Crippen LogP contribution < -0.4 is 15.8 Å². The predicted octanol–water partition coefficient (Wildman–Crippen LogP) is 6.46. The van der Waals surface area contributed by atoms with Crippen LogP contribution in [0.3, 0.4) is 0 Å². The number of carbonyl (C=O) groups excluding carboxylic acids is 1. The second kappa shape index (κ2) is 10.9. The Balaban J connectivity index is 1.22. The van der Waals surface area contributed by atoms with E-state index in [2.05, 4.69) is 27.6 Å². The van der Waals surface area contributed by atoms with E-state index in [0.29, 0.717) is 54.2 Å². The Morgan fingerprint density at radius 2 is 1.91 bits per heavy atom. The number of fused-ring (bicyclic) bond motifs is 5. The number of nitrogens with zero attached hydrogens (tertiary/aromatic N) is 4. The summed E-state index contributed by atoms with van der Waals surface area (Å²) in [6.07, 6.45) is 4.52. The highest BCUT2D eigenvalue weighted by atomic mass is 32.1. The number of hydrogen-bond acceptors (Lipinski definition) is 9. The van der Waals surface area contributed by atoms with Crippen molar-refractivity contribution in [2.24, 2.45) is 0 Å². The molecule has 4 aromatic heterocycles. The number of carbonyl (C=O) groups is 1. The maximum atomic E-state index is 14.1. The minimum Gasteiger partial charge on any atom is -0.491 e. The van der Waals surface area contributed by atoms with Crippen molar-refractivity contribution in [3.63, 3.8) is 0 Å². The predicted molar refractivity (Wildman–Crippen MR) is 174 cm³/mol. The summed E-state index contributed by atoms with van der Waals surface area (Å²) in [6, 6.07) is 18.2. The Morgan fingerprint density at radius 1 is 1.04 bits per heavy atom. The van der Waals surface area contributed by atoms with E-state index in [1.165, 1.54) is 23.5 Å². The SMILES string of the molecule is O=C1c2c(nc(CCc3ccc(F)cc3)c(-c3n[nH]c(=O)o3)c2-c2cc3ccnc(N[C@H]4COc5ccccc54)c3s2)[C@H]2CCCN12. The molecule has 1 saturated heterocycles. The zero-order chi connectivity index (χ0) is 31.6. The summed E-state index contributed by atoms with van der Waals surface area (Å²) in [4.78, 5) is 38.9. The molecule has 1 amide bonds. The van der Waals surface area contributed by atoms with E-state index in [-0.39, 0.29) is 29.7 Å². The van der Waals surface area contributed by atoms with Crippen LogP contribution in [0.15, 0.2) is 76.1 Å². The molecule has 2 atom stereocenters. The second-order valence-electron chi connectivity index (χ2n) is 12.0. The largest absolute Gasteiger partial charge is 0.491 e. The van der Waals surface area contributed by atoms with Crippen LogP contribution in [0.2, 0.25) is 0 Å². The van der Waals surface area contributed by atoms with Gasteiger partial charge in [0.25, 0.3) is 11.8 Å². The highest BCUT2D eigenvalue weighted by Crippen LogP contribution is 2.50. The van der Waals surface area contributed by atoms with Crippen LogP contribution in [0, 0.1) is 5.82 Å². The van der Waals surface area contributed by atoms with E-state index in [1.54, 1.807) is 18.3 Å². The molecule has 9 rings (SSSR count). The zero-order valence-electron chi connectivity index (χ0n) is 25.0. The minimum absolute atomic E-state index is 0.0688. The molecule has 47 heavy (non-hydrogen) atoms. The van der Waals surface area contributed by atoms with Gasteiger partial charge in [-0.1, -0.05) is 30.3 Å². The number of rotatable bonds is 7. The van der Waals surface area contributed by atoms with Gasteiger partial charge in [0.2, 0.25) is 0 Å². The normalized spacial score (nSPS) is 18.0. The quantitative estimate of drug-likeness (QED) is 0.202. The third-order valence-corrected chi connectivity index (χ3v) is 10.4. The van der Waals surface area contributed by atoms with Crippen molar-refractivity contribution < 1.29 is 18.3 Å². The van der Waals surface area contributed by atoms with Gasteiger partial charge in [-0.3, -0.25) is 9.78 Å². The zero-order valence-corrected chi connectivity index (χ0v) is 25.8. The molecule has 0 unspecified atom stereocenters. The minimum atomic E-state index is -0.700. The first-order chi connectivity index (χ1) is 23.0.